The zero-order valence-corrected chi connectivity index (χ0v) is 14.2. The van der Waals surface area contributed by atoms with E-state index in [0.717, 1.165) is 36.0 Å². The van der Waals surface area contributed by atoms with E-state index in [-0.39, 0.29) is 11.9 Å². The topological polar surface area (TPSA) is 50.4 Å². The number of amides is 1. The van der Waals surface area contributed by atoms with Crippen LogP contribution in [0.2, 0.25) is 0 Å². The molecule has 1 aromatic rings. The number of rotatable bonds is 5. The smallest absolute Gasteiger partial charge is 0.229 e. The summed E-state index contributed by atoms with van der Waals surface area (Å²) in [6.07, 6.45) is 1.63. The number of halogens is 1. The van der Waals surface area contributed by atoms with Crippen LogP contribution in [-0.2, 0) is 9.53 Å². The van der Waals surface area contributed by atoms with Crippen LogP contribution in [0.15, 0.2) is 28.7 Å². The van der Waals surface area contributed by atoms with Gasteiger partial charge in [-0.3, -0.25) is 4.79 Å². The van der Waals surface area contributed by atoms with Crippen molar-refractivity contribution in [2.24, 2.45) is 5.41 Å². The van der Waals surface area contributed by atoms with E-state index in [9.17, 15) is 4.79 Å². The second-order valence-corrected chi connectivity index (χ2v) is 6.53. The highest BCUT2D eigenvalue weighted by Gasteiger charge is 2.40. The summed E-state index contributed by atoms with van der Waals surface area (Å²) in [5.41, 5.74) is 0.683. The molecule has 21 heavy (non-hydrogen) atoms. The van der Waals surface area contributed by atoms with Gasteiger partial charge in [0.05, 0.1) is 18.1 Å². The highest BCUT2D eigenvalue weighted by Crippen LogP contribution is 2.31. The van der Waals surface area contributed by atoms with Gasteiger partial charge in [0.2, 0.25) is 5.91 Å². The second kappa shape index (κ2) is 7.38. The van der Waals surface area contributed by atoms with Crippen molar-refractivity contribution >= 4 is 21.8 Å². The number of benzene rings is 1. The fourth-order valence-electron chi connectivity index (χ4n) is 2.87. The first-order chi connectivity index (χ1) is 10.1. The van der Waals surface area contributed by atoms with E-state index >= 15 is 0 Å². The SMILES string of the molecule is COCC1(C(=O)NC(C)c2ccccc2Br)CCNCC1. The van der Waals surface area contributed by atoms with Gasteiger partial charge in [-0.15, -0.1) is 0 Å². The highest BCUT2D eigenvalue weighted by atomic mass is 79.9. The van der Waals surface area contributed by atoms with Crippen molar-refractivity contribution in [1.29, 1.82) is 0 Å². The van der Waals surface area contributed by atoms with Crippen LogP contribution in [0.5, 0.6) is 0 Å². The normalized spacial score (nSPS) is 19.0. The summed E-state index contributed by atoms with van der Waals surface area (Å²) in [7, 11) is 1.66. The molecule has 2 rings (SSSR count). The zero-order chi connectivity index (χ0) is 15.3. The maximum Gasteiger partial charge on any atom is 0.229 e. The Kier molecular flexibility index (Phi) is 5.79. The van der Waals surface area contributed by atoms with Crippen molar-refractivity contribution in [2.75, 3.05) is 26.8 Å². The molecule has 0 saturated carbocycles. The fraction of sp³-hybridized carbons (Fsp3) is 0.562. The fourth-order valence-corrected chi connectivity index (χ4v) is 3.50. The van der Waals surface area contributed by atoms with Gasteiger partial charge in [0.1, 0.15) is 0 Å². The van der Waals surface area contributed by atoms with E-state index in [0.29, 0.717) is 6.61 Å². The standard InChI is InChI=1S/C16H23BrN2O2/c1-12(13-5-3-4-6-14(13)17)19-15(20)16(11-21-2)7-9-18-10-8-16/h3-6,12,18H,7-11H2,1-2H3,(H,19,20). The Bertz CT molecular complexity index is 481. The minimum atomic E-state index is -0.407. The molecule has 0 aliphatic carbocycles. The van der Waals surface area contributed by atoms with E-state index in [4.69, 9.17) is 4.74 Å². The zero-order valence-electron chi connectivity index (χ0n) is 12.6. The summed E-state index contributed by atoms with van der Waals surface area (Å²) in [4.78, 5) is 12.8. The first-order valence-electron chi connectivity index (χ1n) is 7.34. The molecule has 4 nitrogen and oxygen atoms in total. The van der Waals surface area contributed by atoms with Gasteiger partial charge in [-0.1, -0.05) is 34.1 Å². The van der Waals surface area contributed by atoms with Crippen LogP contribution in [-0.4, -0.2) is 32.7 Å². The third-order valence-corrected chi connectivity index (χ3v) is 4.90. The molecule has 0 aromatic heterocycles. The molecule has 1 aliphatic rings. The van der Waals surface area contributed by atoms with Gasteiger partial charge < -0.3 is 15.4 Å². The lowest BCUT2D eigenvalue weighted by Crippen LogP contribution is -2.50. The van der Waals surface area contributed by atoms with Gasteiger partial charge in [-0.25, -0.2) is 0 Å². The molecular formula is C16H23BrN2O2. The molecule has 0 spiro atoms. The molecule has 0 bridgehead atoms. The third-order valence-electron chi connectivity index (χ3n) is 4.18. The summed E-state index contributed by atoms with van der Waals surface area (Å²) in [6, 6.07) is 7.95. The number of piperidine rings is 1. The molecule has 1 aliphatic heterocycles. The first kappa shape index (κ1) is 16.5. The molecule has 1 unspecified atom stereocenters. The maximum absolute atomic E-state index is 12.8. The second-order valence-electron chi connectivity index (χ2n) is 5.68. The Morgan fingerprint density at radius 3 is 2.71 bits per heavy atom. The Morgan fingerprint density at radius 1 is 1.43 bits per heavy atom. The van der Waals surface area contributed by atoms with Crippen molar-refractivity contribution in [1.82, 2.24) is 10.6 Å². The average Bonchev–Trinajstić information content (AvgIpc) is 2.48. The largest absolute Gasteiger partial charge is 0.384 e. The van der Waals surface area contributed by atoms with Crippen LogP contribution in [0, 0.1) is 5.41 Å². The monoisotopic (exact) mass is 354 g/mol. The van der Waals surface area contributed by atoms with Crippen LogP contribution in [0.25, 0.3) is 0 Å². The van der Waals surface area contributed by atoms with Crippen LogP contribution < -0.4 is 10.6 Å². The van der Waals surface area contributed by atoms with Gasteiger partial charge in [-0.2, -0.15) is 0 Å². The summed E-state index contributed by atoms with van der Waals surface area (Å²) in [6.45, 7) is 4.21. The highest BCUT2D eigenvalue weighted by molar-refractivity contribution is 9.10. The quantitative estimate of drug-likeness (QED) is 0.854. The van der Waals surface area contributed by atoms with Gasteiger partial charge in [0.15, 0.2) is 0 Å². The summed E-state index contributed by atoms with van der Waals surface area (Å²) in [5, 5.41) is 6.46. The van der Waals surface area contributed by atoms with Crippen molar-refractivity contribution < 1.29 is 9.53 Å². The molecule has 1 aromatic carbocycles. The number of hydrogen-bond donors (Lipinski definition) is 2. The molecule has 1 atom stereocenters. The van der Waals surface area contributed by atoms with E-state index in [1.54, 1.807) is 7.11 Å². The number of ether oxygens (including phenoxy) is 1. The lowest BCUT2D eigenvalue weighted by Gasteiger charge is -2.36. The lowest BCUT2D eigenvalue weighted by atomic mass is 9.78. The van der Waals surface area contributed by atoms with E-state index in [2.05, 4.69) is 26.6 Å². The van der Waals surface area contributed by atoms with Gasteiger partial charge >= 0.3 is 0 Å². The lowest BCUT2D eigenvalue weighted by molar-refractivity contribution is -0.136. The number of methoxy groups -OCH3 is 1. The Labute approximate surface area is 134 Å². The molecule has 1 heterocycles. The van der Waals surface area contributed by atoms with Gasteiger partial charge in [0, 0.05) is 11.6 Å². The van der Waals surface area contributed by atoms with Crippen LogP contribution in [0.3, 0.4) is 0 Å². The molecule has 1 fully saturated rings. The minimum Gasteiger partial charge on any atom is -0.384 e. The van der Waals surface area contributed by atoms with E-state index in [1.165, 1.54) is 0 Å². The molecular weight excluding hydrogens is 332 g/mol. The van der Waals surface area contributed by atoms with Crippen molar-refractivity contribution in [2.45, 2.75) is 25.8 Å². The van der Waals surface area contributed by atoms with E-state index < -0.39 is 5.41 Å². The molecule has 1 saturated heterocycles. The average molecular weight is 355 g/mol. The minimum absolute atomic E-state index is 0.0308. The van der Waals surface area contributed by atoms with Crippen molar-refractivity contribution in [3.8, 4) is 0 Å². The maximum atomic E-state index is 12.8. The van der Waals surface area contributed by atoms with Crippen LogP contribution in [0.4, 0.5) is 0 Å². The van der Waals surface area contributed by atoms with Crippen molar-refractivity contribution in [3.63, 3.8) is 0 Å². The van der Waals surface area contributed by atoms with Gasteiger partial charge in [-0.05, 0) is 44.5 Å². The Hall–Kier alpha value is -0.910. The third kappa shape index (κ3) is 3.84. The summed E-state index contributed by atoms with van der Waals surface area (Å²) in [5.74, 6) is 0.0918. The van der Waals surface area contributed by atoms with Crippen LogP contribution in [0.1, 0.15) is 31.4 Å². The molecule has 0 radical (unpaired) electrons. The molecule has 116 valence electrons. The molecule has 5 heteroatoms. The first-order valence-corrected chi connectivity index (χ1v) is 8.13. The van der Waals surface area contributed by atoms with Gasteiger partial charge in [0.25, 0.3) is 0 Å². The van der Waals surface area contributed by atoms with Crippen molar-refractivity contribution in [3.05, 3.63) is 34.3 Å². The molecule has 2 N–H and O–H groups in total. The Balaban J connectivity index is 2.10. The number of nitrogens with one attached hydrogen (secondary N) is 2. The molecule has 1 amide bonds. The van der Waals surface area contributed by atoms with E-state index in [1.807, 2.05) is 31.2 Å². The summed E-state index contributed by atoms with van der Waals surface area (Å²) >= 11 is 3.54. The summed E-state index contributed by atoms with van der Waals surface area (Å²) < 4.78 is 6.34. The Morgan fingerprint density at radius 2 is 2.10 bits per heavy atom. The predicted molar refractivity (Wildman–Crippen MR) is 87.1 cm³/mol. The van der Waals surface area contributed by atoms with Crippen LogP contribution >= 0.6 is 15.9 Å². The number of carbonyl (C=O) groups is 1. The number of carbonyl (C=O) groups excluding carboxylic acids is 1. The predicted octanol–water partition coefficient (Wildman–Crippen LogP) is 2.64. The number of hydrogen-bond acceptors (Lipinski definition) is 3.